The molecule has 0 unspecified atom stereocenters. The first kappa shape index (κ1) is 17.0. The first-order valence-electron chi connectivity index (χ1n) is 7.70. The third-order valence-electron chi connectivity index (χ3n) is 4.24. The van der Waals surface area contributed by atoms with E-state index in [0.29, 0.717) is 34.6 Å². The number of hydrogen-bond acceptors (Lipinski definition) is 5. The number of nitrogens with zero attached hydrogens (tertiary/aromatic N) is 4. The molecule has 0 aliphatic heterocycles. The van der Waals surface area contributed by atoms with Crippen molar-refractivity contribution in [3.8, 4) is 11.4 Å². The van der Waals surface area contributed by atoms with Gasteiger partial charge in [0.05, 0.1) is 11.3 Å². The lowest BCUT2D eigenvalue weighted by Gasteiger charge is -2.34. The topological polar surface area (TPSA) is 75.9 Å². The summed E-state index contributed by atoms with van der Waals surface area (Å²) < 4.78 is 26.0. The van der Waals surface area contributed by atoms with E-state index in [0.717, 1.165) is 12.8 Å². The van der Waals surface area contributed by atoms with Crippen LogP contribution < -0.4 is 5.32 Å². The van der Waals surface area contributed by atoms with Crippen LogP contribution in [0.4, 0.5) is 14.5 Å². The van der Waals surface area contributed by atoms with Crippen molar-refractivity contribution < 1.29 is 13.9 Å². The Morgan fingerprint density at radius 2 is 2.08 bits per heavy atom. The Morgan fingerprint density at radius 3 is 2.71 bits per heavy atom. The van der Waals surface area contributed by atoms with Gasteiger partial charge in [0.15, 0.2) is 5.15 Å². The van der Waals surface area contributed by atoms with Crippen LogP contribution in [0.25, 0.3) is 11.4 Å². The summed E-state index contributed by atoms with van der Waals surface area (Å²) in [5.74, 6) is 0. The van der Waals surface area contributed by atoms with Gasteiger partial charge in [0.1, 0.15) is 11.4 Å². The van der Waals surface area contributed by atoms with Crippen LogP contribution in [0.15, 0.2) is 18.3 Å². The van der Waals surface area contributed by atoms with Crippen molar-refractivity contribution in [3.05, 3.63) is 23.5 Å². The average molecular weight is 358 g/mol. The van der Waals surface area contributed by atoms with Crippen molar-refractivity contribution >= 4 is 17.3 Å². The number of alkyl halides is 2. The Labute approximate surface area is 142 Å². The minimum absolute atomic E-state index is 0.140. The fourth-order valence-corrected chi connectivity index (χ4v) is 2.99. The maximum Gasteiger partial charge on any atom is 0.333 e. The Morgan fingerprint density at radius 1 is 1.38 bits per heavy atom. The van der Waals surface area contributed by atoms with Crippen molar-refractivity contribution in [1.29, 1.82) is 0 Å². The van der Waals surface area contributed by atoms with Crippen molar-refractivity contribution in [2.45, 2.75) is 50.8 Å². The zero-order valence-corrected chi connectivity index (χ0v) is 13.8. The van der Waals surface area contributed by atoms with E-state index >= 15 is 0 Å². The van der Waals surface area contributed by atoms with E-state index in [1.165, 1.54) is 12.3 Å². The summed E-state index contributed by atoms with van der Waals surface area (Å²) in [5, 5.41) is 25.2. The fraction of sp³-hybridized carbons (Fsp3) is 0.533. The molecule has 9 heteroatoms. The predicted molar refractivity (Wildman–Crippen MR) is 86.0 cm³/mol. The lowest BCUT2D eigenvalue weighted by Crippen LogP contribution is -2.35. The summed E-state index contributed by atoms with van der Waals surface area (Å²) in [6.45, 7) is -0.882. The highest BCUT2D eigenvalue weighted by Crippen LogP contribution is 2.32. The lowest BCUT2D eigenvalue weighted by atomic mass is 9.83. The van der Waals surface area contributed by atoms with Crippen molar-refractivity contribution in [3.63, 3.8) is 0 Å². The van der Waals surface area contributed by atoms with Gasteiger partial charge in [-0.05, 0) is 38.7 Å². The molecule has 2 aromatic heterocycles. The van der Waals surface area contributed by atoms with Crippen LogP contribution in [0.3, 0.4) is 0 Å². The van der Waals surface area contributed by atoms with Gasteiger partial charge < -0.3 is 10.4 Å². The Hall–Kier alpha value is -1.80. The lowest BCUT2D eigenvalue weighted by molar-refractivity contribution is 0.0196. The maximum absolute atomic E-state index is 12.7. The molecule has 0 aromatic carbocycles. The van der Waals surface area contributed by atoms with Crippen molar-refractivity contribution in [2.75, 3.05) is 5.32 Å². The second kappa shape index (κ2) is 6.60. The highest BCUT2D eigenvalue weighted by atomic mass is 35.5. The molecule has 130 valence electrons. The van der Waals surface area contributed by atoms with Crippen LogP contribution in [-0.2, 0) is 0 Å². The van der Waals surface area contributed by atoms with Gasteiger partial charge in [-0.15, -0.1) is 10.2 Å². The van der Waals surface area contributed by atoms with E-state index in [2.05, 4.69) is 20.6 Å². The highest BCUT2D eigenvalue weighted by molar-refractivity contribution is 6.29. The fourth-order valence-electron chi connectivity index (χ4n) is 2.84. The van der Waals surface area contributed by atoms with Gasteiger partial charge in [0.2, 0.25) is 0 Å². The molecule has 1 saturated carbocycles. The molecule has 0 atom stereocenters. The van der Waals surface area contributed by atoms with Crippen LogP contribution in [0.1, 0.15) is 39.2 Å². The monoisotopic (exact) mass is 357 g/mol. The van der Waals surface area contributed by atoms with Crippen molar-refractivity contribution in [1.82, 2.24) is 20.0 Å². The molecular weight excluding hydrogens is 340 g/mol. The number of rotatable bonds is 4. The number of halogens is 3. The smallest absolute Gasteiger partial charge is 0.333 e. The van der Waals surface area contributed by atoms with E-state index in [4.69, 9.17) is 11.6 Å². The molecule has 2 N–H and O–H groups in total. The molecule has 1 fully saturated rings. The number of hydrogen-bond donors (Lipinski definition) is 2. The van der Waals surface area contributed by atoms with Gasteiger partial charge >= 0.3 is 6.55 Å². The van der Waals surface area contributed by atoms with Gasteiger partial charge in [-0.3, -0.25) is 0 Å². The van der Waals surface area contributed by atoms with Crippen LogP contribution >= 0.6 is 11.6 Å². The van der Waals surface area contributed by atoms with E-state index in [9.17, 15) is 13.9 Å². The van der Waals surface area contributed by atoms with E-state index in [1.54, 1.807) is 6.07 Å². The molecule has 2 heterocycles. The molecule has 0 radical (unpaired) electrons. The predicted octanol–water partition coefficient (Wildman–Crippen LogP) is 3.49. The quantitative estimate of drug-likeness (QED) is 0.876. The van der Waals surface area contributed by atoms with Crippen molar-refractivity contribution in [2.24, 2.45) is 0 Å². The molecule has 1 aliphatic carbocycles. The Kier molecular flexibility index (Phi) is 4.69. The number of aromatic nitrogens is 4. The molecule has 0 spiro atoms. The summed E-state index contributed by atoms with van der Waals surface area (Å²) in [5.41, 5.74) is 0.632. The number of nitrogens with one attached hydrogen (secondary N) is 1. The zero-order valence-electron chi connectivity index (χ0n) is 13.1. The van der Waals surface area contributed by atoms with Gasteiger partial charge in [0.25, 0.3) is 0 Å². The van der Waals surface area contributed by atoms with E-state index < -0.39 is 12.2 Å². The summed E-state index contributed by atoms with van der Waals surface area (Å²) in [6, 6.07) is 3.21. The third-order valence-corrected chi connectivity index (χ3v) is 4.42. The molecule has 0 saturated heterocycles. The summed E-state index contributed by atoms with van der Waals surface area (Å²) in [4.78, 5) is 0. The van der Waals surface area contributed by atoms with Crippen LogP contribution in [0.5, 0.6) is 0 Å². The van der Waals surface area contributed by atoms with Crippen LogP contribution in [0, 0.1) is 0 Å². The Balaban J connectivity index is 1.83. The standard InChI is InChI=1S/C15H18ClF2N5O/c1-15(24)5-2-9(3-6-15)19-11-8-12(16)20-21-13(11)10-4-7-23(22-10)14(17)18/h4,7-9,14,24H,2-3,5-6H2,1H3,(H,19,20). The van der Waals surface area contributed by atoms with E-state index in [1.807, 2.05) is 6.92 Å². The largest absolute Gasteiger partial charge is 0.390 e. The number of aliphatic hydroxyl groups is 1. The second-order valence-corrected chi connectivity index (χ2v) is 6.69. The normalized spacial score (nSPS) is 24.3. The highest BCUT2D eigenvalue weighted by Gasteiger charge is 2.29. The van der Waals surface area contributed by atoms with Gasteiger partial charge in [-0.1, -0.05) is 11.6 Å². The minimum atomic E-state index is -2.71. The van der Waals surface area contributed by atoms with Crippen LogP contribution in [-0.4, -0.2) is 36.7 Å². The first-order chi connectivity index (χ1) is 11.3. The van der Waals surface area contributed by atoms with Crippen LogP contribution in [0.2, 0.25) is 5.15 Å². The summed E-state index contributed by atoms with van der Waals surface area (Å²) >= 11 is 5.92. The molecule has 0 amide bonds. The molecule has 6 nitrogen and oxygen atoms in total. The van der Waals surface area contributed by atoms with E-state index in [-0.39, 0.29) is 11.2 Å². The molecule has 1 aliphatic rings. The molecular formula is C15H18ClF2N5O. The molecule has 2 aromatic rings. The third kappa shape index (κ3) is 3.81. The molecule has 3 rings (SSSR count). The summed E-state index contributed by atoms with van der Waals surface area (Å²) in [7, 11) is 0. The Bertz CT molecular complexity index is 712. The second-order valence-electron chi connectivity index (χ2n) is 6.30. The van der Waals surface area contributed by atoms with Gasteiger partial charge in [-0.25, -0.2) is 4.68 Å². The van der Waals surface area contributed by atoms with Gasteiger partial charge in [-0.2, -0.15) is 13.9 Å². The first-order valence-corrected chi connectivity index (χ1v) is 8.08. The summed E-state index contributed by atoms with van der Waals surface area (Å²) in [6.07, 6.45) is 4.14. The number of anilines is 1. The average Bonchev–Trinajstić information content (AvgIpc) is 2.99. The maximum atomic E-state index is 12.7. The molecule has 0 bridgehead atoms. The van der Waals surface area contributed by atoms with Gasteiger partial charge in [0, 0.05) is 18.3 Å². The molecule has 24 heavy (non-hydrogen) atoms. The SMILES string of the molecule is CC1(O)CCC(Nc2cc(Cl)nnc2-c2ccn(C(F)F)n2)CC1. The minimum Gasteiger partial charge on any atom is -0.390 e. The zero-order chi connectivity index (χ0) is 17.3.